The molecule has 170 valence electrons. The van der Waals surface area contributed by atoms with Crippen LogP contribution in [0.5, 0.6) is 11.5 Å². The minimum Gasteiger partial charge on any atom is -0.493 e. The molecule has 31 heavy (non-hydrogen) atoms. The third kappa shape index (κ3) is 4.89. The largest absolute Gasteiger partial charge is 0.493 e. The van der Waals surface area contributed by atoms with Crippen LogP contribution in [0.1, 0.15) is 48.8 Å². The average molecular weight is 469 g/mol. The van der Waals surface area contributed by atoms with E-state index in [1.54, 1.807) is 7.11 Å². The monoisotopic (exact) mass is 468 g/mol. The summed E-state index contributed by atoms with van der Waals surface area (Å²) in [6, 6.07) is 4.20. The number of aromatic nitrogens is 2. The maximum absolute atomic E-state index is 10.3. The van der Waals surface area contributed by atoms with Gasteiger partial charge in [0.1, 0.15) is 0 Å². The topological polar surface area (TPSA) is 80.1 Å². The first kappa shape index (κ1) is 25.2. The van der Waals surface area contributed by atoms with Crippen LogP contribution < -0.4 is 14.4 Å². The van der Waals surface area contributed by atoms with E-state index in [4.69, 9.17) is 14.5 Å². The van der Waals surface area contributed by atoms with Crippen molar-refractivity contribution < 1.29 is 14.6 Å². The summed E-state index contributed by atoms with van der Waals surface area (Å²) in [4.78, 5) is 15.9. The van der Waals surface area contributed by atoms with Crippen LogP contribution in [0.2, 0.25) is 0 Å². The number of halogens is 2. The van der Waals surface area contributed by atoms with Crippen molar-refractivity contribution >= 4 is 36.5 Å². The Morgan fingerprint density at radius 3 is 2.42 bits per heavy atom. The van der Waals surface area contributed by atoms with Crippen LogP contribution in [-0.2, 0) is 0 Å². The van der Waals surface area contributed by atoms with Crippen molar-refractivity contribution in [1.82, 2.24) is 9.97 Å². The molecule has 1 aliphatic carbocycles. The van der Waals surface area contributed by atoms with Gasteiger partial charge in [0.2, 0.25) is 5.95 Å². The Labute approximate surface area is 195 Å². The molecule has 0 amide bonds. The highest BCUT2D eigenvalue weighted by atomic mass is 35.5. The van der Waals surface area contributed by atoms with E-state index in [0.717, 1.165) is 41.0 Å². The maximum atomic E-state index is 10.3. The predicted octanol–water partition coefficient (Wildman–Crippen LogP) is 3.64. The number of methoxy groups -OCH3 is 1. The minimum atomic E-state index is -0.291. The van der Waals surface area contributed by atoms with Crippen molar-refractivity contribution in [3.63, 3.8) is 0 Å². The number of benzene rings is 1. The summed E-state index contributed by atoms with van der Waals surface area (Å²) in [5.74, 6) is 2.24. The highest BCUT2D eigenvalue weighted by Gasteiger charge is 2.37. The molecule has 1 saturated carbocycles. The molecule has 0 radical (unpaired) electrons. The van der Waals surface area contributed by atoms with Gasteiger partial charge in [0.25, 0.3) is 0 Å². The molecular weight excluding hydrogens is 439 g/mol. The number of aliphatic imine (C=N–C) groups is 1. The molecule has 1 aromatic heterocycles. The Balaban J connectivity index is 0.00000171. The van der Waals surface area contributed by atoms with Gasteiger partial charge >= 0.3 is 0 Å². The zero-order valence-corrected chi connectivity index (χ0v) is 19.9. The molecular formula is C22H30Cl2N4O3. The number of hydrogen-bond acceptors (Lipinski definition) is 7. The lowest BCUT2D eigenvalue weighted by atomic mass is 9.74. The van der Waals surface area contributed by atoms with Crippen molar-refractivity contribution in [2.45, 2.75) is 44.2 Å². The summed E-state index contributed by atoms with van der Waals surface area (Å²) in [6.45, 7) is 2.52. The number of fused-ring (bicyclic) bond motifs is 3. The van der Waals surface area contributed by atoms with Gasteiger partial charge in [0.05, 0.1) is 31.6 Å². The second-order valence-electron chi connectivity index (χ2n) is 7.81. The van der Waals surface area contributed by atoms with Crippen molar-refractivity contribution in [1.29, 1.82) is 0 Å². The molecule has 0 bridgehead atoms. The molecule has 2 aliphatic rings. The van der Waals surface area contributed by atoms with Crippen molar-refractivity contribution in [3.05, 3.63) is 41.2 Å². The van der Waals surface area contributed by atoms with Gasteiger partial charge in [0, 0.05) is 43.5 Å². The first-order valence-electron chi connectivity index (χ1n) is 10.1. The minimum absolute atomic E-state index is 0. The highest BCUT2D eigenvalue weighted by Crippen LogP contribution is 2.44. The Kier molecular flexibility index (Phi) is 8.51. The van der Waals surface area contributed by atoms with Gasteiger partial charge in [-0.2, -0.15) is 0 Å². The third-order valence-corrected chi connectivity index (χ3v) is 5.68. The lowest BCUT2D eigenvalue weighted by Crippen LogP contribution is -2.34. The Hall–Kier alpha value is -2.09. The first-order chi connectivity index (χ1) is 14.0. The summed E-state index contributed by atoms with van der Waals surface area (Å²) >= 11 is 0. The van der Waals surface area contributed by atoms with Gasteiger partial charge < -0.3 is 19.5 Å². The molecule has 1 aromatic carbocycles. The lowest BCUT2D eigenvalue weighted by molar-refractivity contribution is 0.111. The Morgan fingerprint density at radius 1 is 1.10 bits per heavy atom. The maximum Gasteiger partial charge on any atom is 0.224 e. The quantitative estimate of drug-likeness (QED) is 0.721. The van der Waals surface area contributed by atoms with Gasteiger partial charge in [-0.05, 0) is 43.9 Å². The zero-order valence-electron chi connectivity index (χ0n) is 18.2. The number of hydrogen-bond donors (Lipinski definition) is 1. The molecule has 0 saturated heterocycles. The molecule has 1 aliphatic heterocycles. The predicted molar refractivity (Wildman–Crippen MR) is 127 cm³/mol. The molecule has 7 nitrogen and oxygen atoms in total. The molecule has 4 rings (SSSR count). The van der Waals surface area contributed by atoms with Crippen LogP contribution in [0.3, 0.4) is 0 Å². The standard InChI is InChI=1S/C22H28N4O3.2ClH/c1-5-29-20-9-15-16-8-14(27)6-7-18(16)25-21(17(15)10-19(20)28-4)13-11-23-22(24-12-13)26(2)3;;/h9-12,14,16,18,27H,5-8H2,1-4H3;2*1H/t14-,16-,18-;;/m1../s1. The van der Waals surface area contributed by atoms with E-state index in [9.17, 15) is 5.11 Å². The van der Waals surface area contributed by atoms with E-state index < -0.39 is 0 Å². The zero-order chi connectivity index (χ0) is 20.5. The fourth-order valence-electron chi connectivity index (χ4n) is 4.28. The summed E-state index contributed by atoms with van der Waals surface area (Å²) in [5, 5.41) is 10.3. The first-order valence-corrected chi connectivity index (χ1v) is 10.1. The van der Waals surface area contributed by atoms with E-state index in [1.807, 2.05) is 44.4 Å². The number of aliphatic hydroxyl groups is 1. The number of rotatable bonds is 5. The summed E-state index contributed by atoms with van der Waals surface area (Å²) in [6.07, 6.45) is 5.71. The van der Waals surface area contributed by atoms with Crippen LogP contribution in [0.15, 0.2) is 29.5 Å². The normalized spacial score (nSPS) is 21.5. The molecule has 0 spiro atoms. The molecule has 0 unspecified atom stereocenters. The van der Waals surface area contributed by atoms with Crippen LogP contribution in [0.4, 0.5) is 5.95 Å². The third-order valence-electron chi connectivity index (χ3n) is 5.68. The fraction of sp³-hybridized carbons (Fsp3) is 0.500. The number of anilines is 1. The smallest absolute Gasteiger partial charge is 0.224 e. The molecule has 1 fully saturated rings. The highest BCUT2D eigenvalue weighted by molar-refractivity contribution is 6.14. The molecule has 9 heteroatoms. The van der Waals surface area contributed by atoms with Gasteiger partial charge in [-0.1, -0.05) is 0 Å². The lowest BCUT2D eigenvalue weighted by Gasteiger charge is -2.37. The second kappa shape index (κ2) is 10.5. The van der Waals surface area contributed by atoms with Crippen molar-refractivity contribution in [2.24, 2.45) is 4.99 Å². The second-order valence-corrected chi connectivity index (χ2v) is 7.81. The average Bonchev–Trinajstić information content (AvgIpc) is 2.73. The van der Waals surface area contributed by atoms with E-state index in [-0.39, 0.29) is 42.9 Å². The van der Waals surface area contributed by atoms with E-state index in [2.05, 4.69) is 16.0 Å². The molecule has 2 aromatic rings. The molecule has 2 heterocycles. The van der Waals surface area contributed by atoms with Gasteiger partial charge in [-0.3, -0.25) is 4.99 Å². The van der Waals surface area contributed by atoms with Gasteiger partial charge in [-0.25, -0.2) is 9.97 Å². The summed E-state index contributed by atoms with van der Waals surface area (Å²) in [5.41, 5.74) is 3.92. The Bertz CT molecular complexity index is 922. The molecule has 1 N–H and O–H groups in total. The molecule has 3 atom stereocenters. The SMILES string of the molecule is CCOc1cc2c(cc1OC)C(c1cnc(N(C)C)nc1)=N[C@@H]1CC[C@@H](O)C[C@H]21.Cl.Cl. The summed E-state index contributed by atoms with van der Waals surface area (Å²) in [7, 11) is 5.48. The van der Waals surface area contributed by atoms with Gasteiger partial charge in [0.15, 0.2) is 11.5 Å². The number of ether oxygens (including phenoxy) is 2. The van der Waals surface area contributed by atoms with Crippen molar-refractivity contribution in [2.75, 3.05) is 32.7 Å². The van der Waals surface area contributed by atoms with Crippen LogP contribution in [0.25, 0.3) is 0 Å². The van der Waals surface area contributed by atoms with Crippen LogP contribution >= 0.6 is 24.8 Å². The van der Waals surface area contributed by atoms with Crippen LogP contribution in [-0.4, -0.2) is 60.7 Å². The number of aliphatic hydroxyl groups excluding tert-OH is 1. The number of nitrogens with zero attached hydrogens (tertiary/aromatic N) is 4. The fourth-order valence-corrected chi connectivity index (χ4v) is 4.28. The van der Waals surface area contributed by atoms with Crippen molar-refractivity contribution in [3.8, 4) is 11.5 Å². The van der Waals surface area contributed by atoms with E-state index in [0.29, 0.717) is 24.7 Å². The van der Waals surface area contributed by atoms with E-state index in [1.165, 1.54) is 0 Å². The Morgan fingerprint density at radius 2 is 1.81 bits per heavy atom. The van der Waals surface area contributed by atoms with Crippen LogP contribution in [0, 0.1) is 0 Å². The van der Waals surface area contributed by atoms with Gasteiger partial charge in [-0.15, -0.1) is 24.8 Å². The summed E-state index contributed by atoms with van der Waals surface area (Å²) < 4.78 is 11.4. The van der Waals surface area contributed by atoms with E-state index >= 15 is 0 Å².